The molecule has 0 N–H and O–H groups in total. The Bertz CT molecular complexity index is 519. The third-order valence-corrected chi connectivity index (χ3v) is 2.82. The van der Waals surface area contributed by atoms with Crippen LogP contribution < -0.4 is 0 Å². The molecule has 0 spiro atoms. The largest absolute Gasteiger partial charge is 0.449 e. The minimum atomic E-state index is -0.350. The Kier molecular flexibility index (Phi) is 4.45. The Hall–Kier alpha value is -2.19. The van der Waals surface area contributed by atoms with Gasteiger partial charge in [-0.05, 0) is 42.7 Å². The molecule has 1 aliphatic carbocycles. The molecule has 0 amide bonds. The van der Waals surface area contributed by atoms with Gasteiger partial charge < -0.3 is 4.74 Å². The number of benzene rings is 1. The van der Waals surface area contributed by atoms with E-state index < -0.39 is 0 Å². The molecule has 90 valence electrons. The maximum atomic E-state index is 11.5. The summed E-state index contributed by atoms with van der Waals surface area (Å²) < 4.78 is 5.00. The molecule has 0 aromatic heterocycles. The van der Waals surface area contributed by atoms with Crippen LogP contribution in [-0.2, 0) is 4.74 Å². The topological polar surface area (TPSA) is 26.3 Å². The van der Waals surface area contributed by atoms with Crippen LogP contribution in [0.15, 0.2) is 30.3 Å². The zero-order valence-electron chi connectivity index (χ0n) is 10.1. The SMILES string of the molecule is O=C(OCC#CC#CC1CCC1)c1ccccc1. The van der Waals surface area contributed by atoms with E-state index in [4.69, 9.17) is 4.74 Å². The van der Waals surface area contributed by atoms with Crippen LogP contribution in [0.3, 0.4) is 0 Å². The number of esters is 1. The molecule has 2 nitrogen and oxygen atoms in total. The number of hydrogen-bond donors (Lipinski definition) is 0. The molecule has 1 aromatic carbocycles. The van der Waals surface area contributed by atoms with Crippen molar-refractivity contribution in [2.75, 3.05) is 6.61 Å². The number of carbonyl (C=O) groups excluding carboxylic acids is 1. The second-order valence-electron chi connectivity index (χ2n) is 4.14. The first-order valence-electron chi connectivity index (χ1n) is 6.07. The van der Waals surface area contributed by atoms with Crippen molar-refractivity contribution < 1.29 is 9.53 Å². The number of ether oxygens (including phenoxy) is 1. The molecule has 0 unspecified atom stereocenters. The van der Waals surface area contributed by atoms with Crippen molar-refractivity contribution in [3.8, 4) is 23.7 Å². The Balaban J connectivity index is 1.73. The summed E-state index contributed by atoms with van der Waals surface area (Å²) in [6.45, 7) is 0.0904. The first-order valence-corrected chi connectivity index (χ1v) is 6.07. The van der Waals surface area contributed by atoms with Crippen LogP contribution in [0.5, 0.6) is 0 Å². The van der Waals surface area contributed by atoms with Crippen LogP contribution in [-0.4, -0.2) is 12.6 Å². The molecule has 2 heteroatoms. The molecule has 0 atom stereocenters. The molecule has 0 heterocycles. The highest BCUT2D eigenvalue weighted by Crippen LogP contribution is 2.24. The number of carbonyl (C=O) groups is 1. The van der Waals surface area contributed by atoms with Gasteiger partial charge in [-0.15, -0.1) is 0 Å². The average molecular weight is 238 g/mol. The van der Waals surface area contributed by atoms with E-state index >= 15 is 0 Å². The van der Waals surface area contributed by atoms with Gasteiger partial charge in [0, 0.05) is 5.92 Å². The van der Waals surface area contributed by atoms with Gasteiger partial charge in [-0.3, -0.25) is 0 Å². The van der Waals surface area contributed by atoms with E-state index in [0.29, 0.717) is 11.5 Å². The van der Waals surface area contributed by atoms with Crippen molar-refractivity contribution in [1.29, 1.82) is 0 Å². The van der Waals surface area contributed by atoms with E-state index in [-0.39, 0.29) is 12.6 Å². The van der Waals surface area contributed by atoms with Gasteiger partial charge in [0.25, 0.3) is 0 Å². The molecule has 0 aliphatic heterocycles. The normalized spacial score (nSPS) is 13.3. The highest BCUT2D eigenvalue weighted by Gasteiger charge is 2.13. The smallest absolute Gasteiger partial charge is 0.339 e. The Labute approximate surface area is 107 Å². The van der Waals surface area contributed by atoms with Crippen LogP contribution in [0, 0.1) is 29.6 Å². The van der Waals surface area contributed by atoms with Crippen molar-refractivity contribution in [2.24, 2.45) is 5.92 Å². The van der Waals surface area contributed by atoms with Crippen LogP contribution >= 0.6 is 0 Å². The summed E-state index contributed by atoms with van der Waals surface area (Å²) in [6, 6.07) is 8.88. The molecule has 18 heavy (non-hydrogen) atoms. The summed E-state index contributed by atoms with van der Waals surface area (Å²) in [6.07, 6.45) is 3.66. The van der Waals surface area contributed by atoms with Crippen LogP contribution in [0.25, 0.3) is 0 Å². The van der Waals surface area contributed by atoms with Gasteiger partial charge in [0.2, 0.25) is 0 Å². The molecule has 1 aliphatic rings. The van der Waals surface area contributed by atoms with Crippen LogP contribution in [0.2, 0.25) is 0 Å². The molecule has 2 rings (SSSR count). The molecule has 1 aromatic rings. The predicted octanol–water partition coefficient (Wildman–Crippen LogP) is 2.65. The van der Waals surface area contributed by atoms with Crippen molar-refractivity contribution in [2.45, 2.75) is 19.3 Å². The molecule has 0 saturated heterocycles. The average Bonchev–Trinajstić information content (AvgIpc) is 2.36. The summed E-state index contributed by atoms with van der Waals surface area (Å²) in [5, 5.41) is 0. The van der Waals surface area contributed by atoms with E-state index in [0.717, 1.165) is 0 Å². The van der Waals surface area contributed by atoms with Gasteiger partial charge >= 0.3 is 5.97 Å². The first-order chi connectivity index (χ1) is 8.86. The minimum Gasteiger partial charge on any atom is -0.449 e. The van der Waals surface area contributed by atoms with Gasteiger partial charge in [0.05, 0.1) is 5.56 Å². The standard InChI is InChI=1S/C16H14O2/c17-16(15-11-4-1-5-12-15)18-13-6-2-3-8-14-9-7-10-14/h1,4-5,11-12,14H,7,9-10,13H2. The van der Waals surface area contributed by atoms with E-state index in [9.17, 15) is 4.79 Å². The van der Waals surface area contributed by atoms with E-state index in [1.165, 1.54) is 19.3 Å². The summed E-state index contributed by atoms with van der Waals surface area (Å²) in [5.74, 6) is 11.5. The zero-order chi connectivity index (χ0) is 12.6. The quantitative estimate of drug-likeness (QED) is 0.585. The predicted molar refractivity (Wildman–Crippen MR) is 69.6 cm³/mol. The monoisotopic (exact) mass is 238 g/mol. The van der Waals surface area contributed by atoms with Gasteiger partial charge in [-0.1, -0.05) is 30.5 Å². The Morgan fingerprint density at radius 3 is 2.67 bits per heavy atom. The maximum Gasteiger partial charge on any atom is 0.339 e. The van der Waals surface area contributed by atoms with Crippen LogP contribution in [0.4, 0.5) is 0 Å². The lowest BCUT2D eigenvalue weighted by Gasteiger charge is -2.18. The molecule has 0 radical (unpaired) electrons. The number of hydrogen-bond acceptors (Lipinski definition) is 2. The van der Waals surface area contributed by atoms with E-state index in [2.05, 4.69) is 23.7 Å². The molecular weight excluding hydrogens is 224 g/mol. The van der Waals surface area contributed by atoms with Gasteiger partial charge in [-0.25, -0.2) is 4.79 Å². The lowest BCUT2D eigenvalue weighted by Crippen LogP contribution is -2.07. The van der Waals surface area contributed by atoms with Crippen molar-refractivity contribution in [3.63, 3.8) is 0 Å². The van der Waals surface area contributed by atoms with Crippen molar-refractivity contribution >= 4 is 5.97 Å². The fourth-order valence-corrected chi connectivity index (χ4v) is 1.53. The lowest BCUT2D eigenvalue weighted by molar-refractivity contribution is 0.0556. The first kappa shape index (κ1) is 12.3. The summed E-state index contributed by atoms with van der Waals surface area (Å²) in [5.41, 5.74) is 0.542. The van der Waals surface area contributed by atoms with Gasteiger partial charge in [-0.2, -0.15) is 0 Å². The summed E-state index contributed by atoms with van der Waals surface area (Å²) in [4.78, 5) is 11.5. The highest BCUT2D eigenvalue weighted by molar-refractivity contribution is 5.89. The summed E-state index contributed by atoms with van der Waals surface area (Å²) in [7, 11) is 0. The molecule has 0 bridgehead atoms. The van der Waals surface area contributed by atoms with E-state index in [1.807, 2.05) is 6.07 Å². The fraction of sp³-hybridized carbons (Fsp3) is 0.312. The third-order valence-electron chi connectivity index (χ3n) is 2.82. The van der Waals surface area contributed by atoms with Gasteiger partial charge in [0.1, 0.15) is 0 Å². The number of rotatable bonds is 2. The highest BCUT2D eigenvalue weighted by atomic mass is 16.5. The Morgan fingerprint density at radius 1 is 1.22 bits per heavy atom. The Morgan fingerprint density at radius 2 is 2.00 bits per heavy atom. The van der Waals surface area contributed by atoms with Crippen LogP contribution in [0.1, 0.15) is 29.6 Å². The molecular formula is C16H14O2. The molecule has 1 saturated carbocycles. The zero-order valence-corrected chi connectivity index (χ0v) is 10.1. The third kappa shape index (κ3) is 3.68. The van der Waals surface area contributed by atoms with Crippen molar-refractivity contribution in [1.82, 2.24) is 0 Å². The minimum absolute atomic E-state index is 0.0904. The maximum absolute atomic E-state index is 11.5. The summed E-state index contributed by atoms with van der Waals surface area (Å²) >= 11 is 0. The second-order valence-corrected chi connectivity index (χ2v) is 4.14. The molecule has 1 fully saturated rings. The second kappa shape index (κ2) is 6.52. The lowest BCUT2D eigenvalue weighted by atomic mass is 9.86. The van der Waals surface area contributed by atoms with Gasteiger partial charge in [0.15, 0.2) is 6.61 Å². The van der Waals surface area contributed by atoms with Crippen molar-refractivity contribution in [3.05, 3.63) is 35.9 Å². The fourth-order valence-electron chi connectivity index (χ4n) is 1.53. The van der Waals surface area contributed by atoms with E-state index in [1.54, 1.807) is 24.3 Å².